The summed E-state index contributed by atoms with van der Waals surface area (Å²) in [6.07, 6.45) is 1.80. The third-order valence-electron chi connectivity index (χ3n) is 5.18. The second kappa shape index (κ2) is 10.2. The smallest absolute Gasteiger partial charge is 0.227 e. The maximum Gasteiger partial charge on any atom is 0.227 e. The minimum absolute atomic E-state index is 0.0265. The quantitative estimate of drug-likeness (QED) is 0.780. The number of likely N-dealkylation sites (tertiary alicyclic amines) is 1. The van der Waals surface area contributed by atoms with E-state index in [9.17, 15) is 14.0 Å². The second-order valence-electron chi connectivity index (χ2n) is 7.45. The topological polar surface area (TPSA) is 58.6 Å². The van der Waals surface area contributed by atoms with Crippen LogP contribution in [-0.2, 0) is 33.9 Å². The summed E-state index contributed by atoms with van der Waals surface area (Å²) >= 11 is 0. The summed E-state index contributed by atoms with van der Waals surface area (Å²) in [5, 5.41) is 2.99. The molecular weight excluding hydrogens is 371 g/mol. The Hall–Kier alpha value is -2.73. The summed E-state index contributed by atoms with van der Waals surface area (Å²) in [7, 11) is 1.65. The lowest BCUT2D eigenvalue weighted by molar-refractivity contribution is -0.135. The number of hydrogen-bond donors (Lipinski definition) is 1. The Kier molecular flexibility index (Phi) is 7.36. The zero-order chi connectivity index (χ0) is 20.6. The van der Waals surface area contributed by atoms with Gasteiger partial charge in [0.15, 0.2) is 0 Å². The number of benzene rings is 2. The van der Waals surface area contributed by atoms with Gasteiger partial charge in [0, 0.05) is 26.7 Å². The number of carbonyl (C=O) groups excluding carboxylic acids is 2. The largest absolute Gasteiger partial charge is 0.380 e. The van der Waals surface area contributed by atoms with E-state index in [4.69, 9.17) is 4.74 Å². The molecule has 1 aliphatic rings. The highest BCUT2D eigenvalue weighted by atomic mass is 19.1. The van der Waals surface area contributed by atoms with Crippen LogP contribution in [0.2, 0.25) is 0 Å². The Morgan fingerprint density at radius 3 is 2.66 bits per heavy atom. The van der Waals surface area contributed by atoms with E-state index in [0.29, 0.717) is 26.2 Å². The van der Waals surface area contributed by atoms with Crippen molar-refractivity contribution in [3.8, 4) is 0 Å². The van der Waals surface area contributed by atoms with Gasteiger partial charge in [0.05, 0.1) is 18.9 Å². The number of carbonyl (C=O) groups is 2. The molecule has 1 saturated heterocycles. The molecule has 29 heavy (non-hydrogen) atoms. The molecule has 0 radical (unpaired) electrons. The molecule has 2 amide bonds. The van der Waals surface area contributed by atoms with Crippen molar-refractivity contribution in [1.29, 1.82) is 0 Å². The summed E-state index contributed by atoms with van der Waals surface area (Å²) in [5.74, 6) is -0.574. The van der Waals surface area contributed by atoms with Gasteiger partial charge in [-0.15, -0.1) is 0 Å². The molecule has 0 aromatic heterocycles. The van der Waals surface area contributed by atoms with Gasteiger partial charge in [-0.2, -0.15) is 0 Å². The normalized spacial score (nSPS) is 16.5. The first-order chi connectivity index (χ1) is 14.0. The Labute approximate surface area is 170 Å². The van der Waals surface area contributed by atoms with Crippen LogP contribution in [0.3, 0.4) is 0 Å². The molecule has 1 atom stereocenters. The third kappa shape index (κ3) is 6.12. The average Bonchev–Trinajstić information content (AvgIpc) is 2.74. The van der Waals surface area contributed by atoms with E-state index < -0.39 is 0 Å². The summed E-state index contributed by atoms with van der Waals surface area (Å²) in [5.41, 5.74) is 2.86. The molecule has 0 bridgehead atoms. The minimum Gasteiger partial charge on any atom is -0.380 e. The van der Waals surface area contributed by atoms with Crippen LogP contribution in [0.4, 0.5) is 4.39 Å². The predicted octanol–water partition coefficient (Wildman–Crippen LogP) is 3.07. The van der Waals surface area contributed by atoms with Crippen LogP contribution >= 0.6 is 0 Å². The molecule has 2 aromatic rings. The SMILES string of the molecule is COCc1cccc(CNC(=O)C2CCCN(C(=O)Cc3ccc(F)cc3)C2)c1. The van der Waals surface area contributed by atoms with Gasteiger partial charge in [-0.25, -0.2) is 4.39 Å². The maximum absolute atomic E-state index is 13.0. The van der Waals surface area contributed by atoms with Gasteiger partial charge in [0.25, 0.3) is 0 Å². The minimum atomic E-state index is -0.316. The van der Waals surface area contributed by atoms with Crippen molar-refractivity contribution < 1.29 is 18.7 Å². The molecule has 1 unspecified atom stereocenters. The van der Waals surface area contributed by atoms with E-state index in [2.05, 4.69) is 5.32 Å². The molecule has 0 aliphatic carbocycles. The lowest BCUT2D eigenvalue weighted by atomic mass is 9.96. The lowest BCUT2D eigenvalue weighted by Crippen LogP contribution is -2.45. The maximum atomic E-state index is 13.0. The van der Waals surface area contributed by atoms with E-state index in [1.807, 2.05) is 24.3 Å². The molecule has 1 N–H and O–H groups in total. The fourth-order valence-electron chi connectivity index (χ4n) is 3.64. The molecule has 2 aromatic carbocycles. The Morgan fingerprint density at radius 1 is 1.14 bits per heavy atom. The van der Waals surface area contributed by atoms with E-state index in [0.717, 1.165) is 29.5 Å². The molecule has 5 nitrogen and oxygen atoms in total. The standard InChI is InChI=1S/C23H27FN2O3/c1-29-16-19-5-2-4-18(12-19)14-25-23(28)20-6-3-11-26(15-20)22(27)13-17-7-9-21(24)10-8-17/h2,4-5,7-10,12,20H,3,6,11,13-16H2,1H3,(H,25,28). The number of piperidine rings is 1. The highest BCUT2D eigenvalue weighted by Gasteiger charge is 2.28. The summed E-state index contributed by atoms with van der Waals surface area (Å²) in [6.45, 7) is 2.07. The molecule has 6 heteroatoms. The summed E-state index contributed by atoms with van der Waals surface area (Å²) in [4.78, 5) is 27.0. The number of hydrogen-bond acceptors (Lipinski definition) is 3. The van der Waals surface area contributed by atoms with Crippen LogP contribution in [0.15, 0.2) is 48.5 Å². The molecule has 3 rings (SSSR count). The van der Waals surface area contributed by atoms with E-state index in [1.54, 1.807) is 24.1 Å². The summed E-state index contributed by atoms with van der Waals surface area (Å²) < 4.78 is 18.2. The summed E-state index contributed by atoms with van der Waals surface area (Å²) in [6, 6.07) is 13.9. The first kappa shape index (κ1) is 21.0. The highest BCUT2D eigenvalue weighted by Crippen LogP contribution is 2.18. The molecule has 1 aliphatic heterocycles. The molecule has 0 saturated carbocycles. The Balaban J connectivity index is 1.51. The molecule has 0 spiro atoms. The van der Waals surface area contributed by atoms with Crippen molar-refractivity contribution in [2.24, 2.45) is 5.92 Å². The van der Waals surface area contributed by atoms with Crippen molar-refractivity contribution in [3.05, 3.63) is 71.0 Å². The zero-order valence-corrected chi connectivity index (χ0v) is 16.7. The monoisotopic (exact) mass is 398 g/mol. The number of ether oxygens (including phenoxy) is 1. The first-order valence-corrected chi connectivity index (χ1v) is 9.92. The van der Waals surface area contributed by atoms with Gasteiger partial charge in [-0.1, -0.05) is 36.4 Å². The van der Waals surface area contributed by atoms with Crippen molar-refractivity contribution >= 4 is 11.8 Å². The van der Waals surface area contributed by atoms with Gasteiger partial charge in [-0.3, -0.25) is 9.59 Å². The van der Waals surface area contributed by atoms with Gasteiger partial charge in [0.1, 0.15) is 5.82 Å². The third-order valence-corrected chi connectivity index (χ3v) is 5.18. The number of nitrogens with one attached hydrogen (secondary N) is 1. The lowest BCUT2D eigenvalue weighted by Gasteiger charge is -2.32. The fourth-order valence-corrected chi connectivity index (χ4v) is 3.64. The number of amides is 2. The molecule has 154 valence electrons. The van der Waals surface area contributed by atoms with E-state index >= 15 is 0 Å². The Bertz CT molecular complexity index is 838. The molecular formula is C23H27FN2O3. The Morgan fingerprint density at radius 2 is 1.90 bits per heavy atom. The van der Waals surface area contributed by atoms with Crippen LogP contribution in [0.1, 0.15) is 29.5 Å². The van der Waals surface area contributed by atoms with Crippen LogP contribution in [0.25, 0.3) is 0 Å². The first-order valence-electron chi connectivity index (χ1n) is 9.92. The van der Waals surface area contributed by atoms with Gasteiger partial charge in [-0.05, 0) is 41.7 Å². The number of methoxy groups -OCH3 is 1. The number of rotatable bonds is 7. The van der Waals surface area contributed by atoms with Gasteiger partial charge >= 0.3 is 0 Å². The van der Waals surface area contributed by atoms with Crippen molar-refractivity contribution in [2.75, 3.05) is 20.2 Å². The highest BCUT2D eigenvalue weighted by molar-refractivity contribution is 5.82. The van der Waals surface area contributed by atoms with Gasteiger partial charge in [0.2, 0.25) is 11.8 Å². The van der Waals surface area contributed by atoms with E-state index in [-0.39, 0.29) is 30.0 Å². The molecule has 1 heterocycles. The van der Waals surface area contributed by atoms with Crippen molar-refractivity contribution in [1.82, 2.24) is 10.2 Å². The van der Waals surface area contributed by atoms with Crippen LogP contribution < -0.4 is 5.32 Å². The fraction of sp³-hybridized carbons (Fsp3) is 0.391. The zero-order valence-electron chi connectivity index (χ0n) is 16.7. The number of halogens is 1. The number of nitrogens with zero attached hydrogens (tertiary/aromatic N) is 1. The second-order valence-corrected chi connectivity index (χ2v) is 7.45. The van der Waals surface area contributed by atoms with E-state index in [1.165, 1.54) is 12.1 Å². The average molecular weight is 398 g/mol. The van der Waals surface area contributed by atoms with Crippen LogP contribution in [-0.4, -0.2) is 36.9 Å². The molecule has 1 fully saturated rings. The van der Waals surface area contributed by atoms with Crippen LogP contribution in [0, 0.1) is 11.7 Å². The van der Waals surface area contributed by atoms with Gasteiger partial charge < -0.3 is 15.0 Å². The predicted molar refractivity (Wildman–Crippen MR) is 108 cm³/mol. The van der Waals surface area contributed by atoms with Crippen molar-refractivity contribution in [3.63, 3.8) is 0 Å². The van der Waals surface area contributed by atoms with Crippen LogP contribution in [0.5, 0.6) is 0 Å². The van der Waals surface area contributed by atoms with Crippen molar-refractivity contribution in [2.45, 2.75) is 32.4 Å².